The van der Waals surface area contributed by atoms with E-state index in [9.17, 15) is 24.3 Å². The van der Waals surface area contributed by atoms with Gasteiger partial charge in [0.05, 0.1) is 19.6 Å². The molecule has 0 unspecified atom stereocenters. The van der Waals surface area contributed by atoms with Gasteiger partial charge in [0.25, 0.3) is 0 Å². The molecule has 13 heteroatoms. The molecule has 3 heterocycles. The summed E-state index contributed by atoms with van der Waals surface area (Å²) in [5.41, 5.74) is 0.419. The molecule has 0 aromatic carbocycles. The van der Waals surface area contributed by atoms with Gasteiger partial charge in [0.15, 0.2) is 0 Å². The second kappa shape index (κ2) is 15.7. The number of fused-ring (bicyclic) bond motifs is 1. The largest absolute Gasteiger partial charge is 0.477 e. The molecule has 1 aromatic rings. The zero-order valence-electron chi connectivity index (χ0n) is 27.2. The van der Waals surface area contributed by atoms with Gasteiger partial charge in [0, 0.05) is 77.6 Å². The van der Waals surface area contributed by atoms with Gasteiger partial charge in [0.2, 0.25) is 5.91 Å². The molecule has 1 fully saturated rings. The summed E-state index contributed by atoms with van der Waals surface area (Å²) < 4.78 is 11.1. The van der Waals surface area contributed by atoms with Gasteiger partial charge in [-0.1, -0.05) is 6.07 Å². The lowest BCUT2D eigenvalue weighted by Gasteiger charge is -2.34. The fraction of sp³-hybridized carbons (Fsp3) is 0.710. The van der Waals surface area contributed by atoms with Crippen LogP contribution in [0.1, 0.15) is 63.3 Å². The molecule has 2 aliphatic rings. The quantitative estimate of drug-likeness (QED) is 0.418. The number of aromatic nitrogens is 1. The first-order chi connectivity index (χ1) is 20.6. The fourth-order valence-corrected chi connectivity index (χ4v) is 5.13. The zero-order valence-corrected chi connectivity index (χ0v) is 27.2. The molecule has 0 bridgehead atoms. The number of nitrogens with one attached hydrogen (secondary N) is 1. The first-order valence-corrected chi connectivity index (χ1v) is 15.4. The first kappa shape index (κ1) is 35.4. The predicted octanol–water partition coefficient (Wildman–Crippen LogP) is 0.857. The van der Waals surface area contributed by atoms with E-state index in [2.05, 4.69) is 15.2 Å². The average molecular weight is 619 g/mol. The Balaban J connectivity index is 1.70. The zero-order chi connectivity index (χ0) is 32.5. The number of carboxylic acid groups (broad SMARTS) is 1. The van der Waals surface area contributed by atoms with Crippen LogP contribution in [0, 0.1) is 0 Å². The molecule has 246 valence electrons. The van der Waals surface area contributed by atoms with Crippen LogP contribution in [0.3, 0.4) is 0 Å². The smallest absolute Gasteiger partial charge is 0.354 e. The van der Waals surface area contributed by atoms with E-state index in [1.54, 1.807) is 11.0 Å². The third-order valence-electron chi connectivity index (χ3n) is 7.20. The molecule has 1 amide bonds. The van der Waals surface area contributed by atoms with E-state index >= 15 is 0 Å². The molecule has 1 saturated heterocycles. The number of carbonyl (C=O) groups excluding carboxylic acids is 3. The summed E-state index contributed by atoms with van der Waals surface area (Å²) in [7, 11) is 0. The second-order valence-corrected chi connectivity index (χ2v) is 13.4. The monoisotopic (exact) mass is 618 g/mol. The number of ether oxygens (including phenoxy) is 2. The first-order valence-electron chi connectivity index (χ1n) is 15.4. The summed E-state index contributed by atoms with van der Waals surface area (Å²) in [5, 5.41) is 12.7. The number of aromatic carboxylic acids is 1. The number of pyridine rings is 1. The number of carbonyl (C=O) groups is 4. The minimum atomic E-state index is -1.07. The topological polar surface area (TPSA) is 145 Å². The maximum atomic E-state index is 13.5. The predicted molar refractivity (Wildman–Crippen MR) is 164 cm³/mol. The number of esters is 2. The molecule has 44 heavy (non-hydrogen) atoms. The van der Waals surface area contributed by atoms with Crippen molar-refractivity contribution in [3.63, 3.8) is 0 Å². The fourth-order valence-electron chi connectivity index (χ4n) is 5.13. The van der Waals surface area contributed by atoms with Crippen LogP contribution in [-0.4, -0.2) is 143 Å². The van der Waals surface area contributed by atoms with Crippen molar-refractivity contribution in [2.45, 2.75) is 65.7 Å². The standard InChI is InChI=1S/C31H50N6O7/c1-30(2,3)43-27(39)21-34-13-10-32-11-14-35(22-28(40)44-31(4,5)6)16-18-36(17-15-34)20-26(38)37-12-9-24-23(19-37)7-8-25(33-24)29(41)42/h7-8,32H,9-22H2,1-6H3,(H,41,42). The Morgan fingerprint density at radius 3 is 1.75 bits per heavy atom. The second-order valence-electron chi connectivity index (χ2n) is 13.4. The number of hydrogen-bond donors (Lipinski definition) is 2. The molecule has 0 spiro atoms. The van der Waals surface area contributed by atoms with Gasteiger partial charge in [0.1, 0.15) is 16.9 Å². The Labute approximate surface area is 260 Å². The Morgan fingerprint density at radius 2 is 1.27 bits per heavy atom. The van der Waals surface area contributed by atoms with Gasteiger partial charge in [-0.2, -0.15) is 0 Å². The molecular weight excluding hydrogens is 568 g/mol. The molecule has 3 rings (SSSR count). The summed E-state index contributed by atoms with van der Waals surface area (Å²) in [6.45, 7) is 17.2. The van der Waals surface area contributed by atoms with Crippen molar-refractivity contribution >= 4 is 23.8 Å². The summed E-state index contributed by atoms with van der Waals surface area (Å²) in [4.78, 5) is 62.3. The Bertz CT molecular complexity index is 1120. The lowest BCUT2D eigenvalue weighted by Crippen LogP contribution is -2.50. The van der Waals surface area contributed by atoms with Crippen LogP contribution in [0.2, 0.25) is 0 Å². The molecule has 2 N–H and O–H groups in total. The molecule has 0 radical (unpaired) electrons. The summed E-state index contributed by atoms with van der Waals surface area (Å²) in [6, 6.07) is 3.21. The summed E-state index contributed by atoms with van der Waals surface area (Å²) >= 11 is 0. The summed E-state index contributed by atoms with van der Waals surface area (Å²) in [6.07, 6.45) is 0.489. The Kier molecular flexibility index (Phi) is 12.6. The minimum Gasteiger partial charge on any atom is -0.477 e. The van der Waals surface area contributed by atoms with Crippen LogP contribution in [0.25, 0.3) is 0 Å². The average Bonchev–Trinajstić information content (AvgIpc) is 2.90. The molecular formula is C31H50N6O7. The van der Waals surface area contributed by atoms with E-state index in [1.165, 1.54) is 6.07 Å². The number of rotatable bonds is 7. The van der Waals surface area contributed by atoms with Crippen molar-refractivity contribution in [2.75, 3.05) is 78.5 Å². The Hall–Kier alpha value is -3.13. The van der Waals surface area contributed by atoms with Gasteiger partial charge in [-0.3, -0.25) is 29.1 Å². The maximum Gasteiger partial charge on any atom is 0.354 e. The molecule has 13 nitrogen and oxygen atoms in total. The minimum absolute atomic E-state index is 0.00457. The molecule has 1 aromatic heterocycles. The normalized spacial score (nSPS) is 18.5. The van der Waals surface area contributed by atoms with Crippen molar-refractivity contribution in [1.29, 1.82) is 0 Å². The van der Waals surface area contributed by atoms with E-state index in [-0.39, 0.29) is 43.2 Å². The number of nitrogens with zero attached hydrogens (tertiary/aromatic N) is 5. The van der Waals surface area contributed by atoms with Crippen LogP contribution < -0.4 is 5.32 Å². The van der Waals surface area contributed by atoms with Crippen molar-refractivity contribution < 1.29 is 33.8 Å². The van der Waals surface area contributed by atoms with Crippen LogP contribution in [-0.2, 0) is 36.8 Å². The van der Waals surface area contributed by atoms with Gasteiger partial charge in [-0.25, -0.2) is 9.78 Å². The van der Waals surface area contributed by atoms with E-state index in [0.29, 0.717) is 77.6 Å². The Morgan fingerprint density at radius 1 is 0.773 bits per heavy atom. The van der Waals surface area contributed by atoms with E-state index in [4.69, 9.17) is 9.47 Å². The summed E-state index contributed by atoms with van der Waals surface area (Å²) in [5.74, 6) is -1.69. The number of hydrogen-bond acceptors (Lipinski definition) is 11. The number of carboxylic acids is 1. The molecule has 0 saturated carbocycles. The van der Waals surface area contributed by atoms with Gasteiger partial charge < -0.3 is 24.8 Å². The third-order valence-corrected chi connectivity index (χ3v) is 7.20. The van der Waals surface area contributed by atoms with Crippen LogP contribution in [0.15, 0.2) is 12.1 Å². The molecule has 2 aliphatic heterocycles. The number of amides is 1. The lowest BCUT2D eigenvalue weighted by molar-refractivity contribution is -0.157. The third kappa shape index (κ3) is 12.5. The highest BCUT2D eigenvalue weighted by molar-refractivity contribution is 5.85. The van der Waals surface area contributed by atoms with Gasteiger partial charge in [-0.05, 0) is 53.2 Å². The van der Waals surface area contributed by atoms with Gasteiger partial charge in [-0.15, -0.1) is 0 Å². The van der Waals surface area contributed by atoms with E-state index in [0.717, 1.165) is 5.56 Å². The highest BCUT2D eigenvalue weighted by atomic mass is 16.6. The van der Waals surface area contributed by atoms with Crippen molar-refractivity contribution in [1.82, 2.24) is 29.9 Å². The SMILES string of the molecule is CC(C)(C)OC(=O)CN1CCNCCN(CC(=O)OC(C)(C)C)CCN(CC(=O)N2CCc3nc(C(=O)O)ccc3C2)CC1. The van der Waals surface area contributed by atoms with Crippen molar-refractivity contribution in [3.8, 4) is 0 Å². The van der Waals surface area contributed by atoms with E-state index < -0.39 is 17.2 Å². The highest BCUT2D eigenvalue weighted by Crippen LogP contribution is 2.18. The van der Waals surface area contributed by atoms with Crippen molar-refractivity contribution in [2.24, 2.45) is 0 Å². The van der Waals surface area contributed by atoms with Crippen LogP contribution in [0.4, 0.5) is 0 Å². The van der Waals surface area contributed by atoms with Crippen molar-refractivity contribution in [3.05, 3.63) is 29.1 Å². The van der Waals surface area contributed by atoms with E-state index in [1.807, 2.05) is 51.3 Å². The van der Waals surface area contributed by atoms with Crippen LogP contribution >= 0.6 is 0 Å². The van der Waals surface area contributed by atoms with Gasteiger partial charge >= 0.3 is 17.9 Å². The molecule has 0 atom stereocenters. The van der Waals surface area contributed by atoms with Crippen LogP contribution in [0.5, 0.6) is 0 Å². The maximum absolute atomic E-state index is 13.5. The molecule has 0 aliphatic carbocycles. The highest BCUT2D eigenvalue weighted by Gasteiger charge is 2.26. The lowest BCUT2D eigenvalue weighted by atomic mass is 10.0.